The Morgan fingerprint density at radius 3 is 3.05 bits per heavy atom. The number of hydrogen-bond acceptors (Lipinski definition) is 5. The predicted molar refractivity (Wildman–Crippen MR) is 70.3 cm³/mol. The van der Waals surface area contributed by atoms with Crippen molar-refractivity contribution in [3.8, 4) is 5.75 Å². The first-order valence-electron chi connectivity index (χ1n) is 6.30. The molecule has 1 N–H and O–H groups in total. The summed E-state index contributed by atoms with van der Waals surface area (Å²) in [5, 5.41) is 14.2. The van der Waals surface area contributed by atoms with Crippen molar-refractivity contribution in [1.29, 1.82) is 0 Å². The van der Waals surface area contributed by atoms with Crippen LogP contribution in [0.15, 0.2) is 18.2 Å². The van der Waals surface area contributed by atoms with Gasteiger partial charge in [0.2, 0.25) is 0 Å². The van der Waals surface area contributed by atoms with E-state index >= 15 is 0 Å². The summed E-state index contributed by atoms with van der Waals surface area (Å²) in [4.78, 5) is 10.5. The molecule has 0 radical (unpaired) electrons. The fraction of sp³-hybridized carbons (Fsp3) is 0.538. The van der Waals surface area contributed by atoms with Gasteiger partial charge < -0.3 is 14.8 Å². The molecule has 6 nitrogen and oxygen atoms in total. The van der Waals surface area contributed by atoms with Gasteiger partial charge in [0.05, 0.1) is 18.6 Å². The number of nitrogens with one attached hydrogen (secondary N) is 1. The van der Waals surface area contributed by atoms with Crippen molar-refractivity contribution in [3.63, 3.8) is 0 Å². The Labute approximate surface area is 111 Å². The normalized spacial score (nSPS) is 18.5. The second kappa shape index (κ2) is 6.49. The first-order chi connectivity index (χ1) is 9.20. The molecule has 0 spiro atoms. The molecule has 6 heteroatoms. The SMILES string of the molecule is COc1ccc(CNCC2CCOC2)cc1[N+](=O)[O-]. The van der Waals surface area contributed by atoms with Gasteiger partial charge in [0.25, 0.3) is 0 Å². The Kier molecular flexibility index (Phi) is 4.70. The van der Waals surface area contributed by atoms with E-state index < -0.39 is 4.92 Å². The minimum atomic E-state index is -0.423. The van der Waals surface area contributed by atoms with Crippen molar-refractivity contribution in [2.45, 2.75) is 13.0 Å². The molecule has 1 atom stereocenters. The third-order valence-electron chi connectivity index (χ3n) is 3.23. The molecular weight excluding hydrogens is 248 g/mol. The predicted octanol–water partition coefficient (Wildman–Crippen LogP) is 1.73. The van der Waals surface area contributed by atoms with Crippen molar-refractivity contribution in [2.75, 3.05) is 26.9 Å². The van der Waals surface area contributed by atoms with Crippen molar-refractivity contribution in [3.05, 3.63) is 33.9 Å². The second-order valence-corrected chi connectivity index (χ2v) is 4.62. The number of nitro benzene ring substituents is 1. The van der Waals surface area contributed by atoms with Crippen LogP contribution in [0.25, 0.3) is 0 Å². The van der Waals surface area contributed by atoms with Crippen LogP contribution in [0.4, 0.5) is 5.69 Å². The summed E-state index contributed by atoms with van der Waals surface area (Å²) < 4.78 is 10.3. The van der Waals surface area contributed by atoms with Gasteiger partial charge in [-0.2, -0.15) is 0 Å². The highest BCUT2D eigenvalue weighted by Crippen LogP contribution is 2.27. The molecule has 0 bridgehead atoms. The Morgan fingerprint density at radius 2 is 2.42 bits per heavy atom. The van der Waals surface area contributed by atoms with Gasteiger partial charge in [0.15, 0.2) is 5.75 Å². The molecule has 0 aromatic heterocycles. The Balaban J connectivity index is 1.92. The average molecular weight is 266 g/mol. The molecule has 0 aliphatic carbocycles. The van der Waals surface area contributed by atoms with Crippen LogP contribution in [-0.2, 0) is 11.3 Å². The van der Waals surface area contributed by atoms with Crippen LogP contribution in [0.3, 0.4) is 0 Å². The number of rotatable bonds is 6. The van der Waals surface area contributed by atoms with Gasteiger partial charge in [-0.15, -0.1) is 0 Å². The van der Waals surface area contributed by atoms with Gasteiger partial charge in [-0.25, -0.2) is 0 Å². The monoisotopic (exact) mass is 266 g/mol. The topological polar surface area (TPSA) is 73.6 Å². The average Bonchev–Trinajstić information content (AvgIpc) is 2.91. The Bertz CT molecular complexity index is 444. The molecule has 104 valence electrons. The van der Waals surface area contributed by atoms with Gasteiger partial charge >= 0.3 is 5.69 Å². The number of ether oxygens (including phenoxy) is 2. The van der Waals surface area contributed by atoms with Gasteiger partial charge in [-0.1, -0.05) is 6.07 Å². The maximum atomic E-state index is 10.9. The van der Waals surface area contributed by atoms with E-state index in [0.29, 0.717) is 12.5 Å². The van der Waals surface area contributed by atoms with Crippen LogP contribution >= 0.6 is 0 Å². The summed E-state index contributed by atoms with van der Waals surface area (Å²) in [7, 11) is 1.43. The molecule has 1 aliphatic rings. The van der Waals surface area contributed by atoms with Gasteiger partial charge in [0, 0.05) is 25.8 Å². The Morgan fingerprint density at radius 1 is 1.58 bits per heavy atom. The molecule has 0 saturated carbocycles. The minimum absolute atomic E-state index is 0.00556. The van der Waals surface area contributed by atoms with Crippen molar-refractivity contribution < 1.29 is 14.4 Å². The summed E-state index contributed by atoms with van der Waals surface area (Å²) in [6, 6.07) is 5.02. The van der Waals surface area contributed by atoms with E-state index in [9.17, 15) is 10.1 Å². The molecule has 0 amide bonds. The summed E-state index contributed by atoms with van der Waals surface area (Å²) >= 11 is 0. The molecule has 1 aromatic rings. The van der Waals surface area contributed by atoms with Crippen LogP contribution < -0.4 is 10.1 Å². The molecule has 1 fully saturated rings. The zero-order valence-electron chi connectivity index (χ0n) is 10.9. The fourth-order valence-corrected chi connectivity index (χ4v) is 2.15. The van der Waals surface area contributed by atoms with E-state index in [4.69, 9.17) is 9.47 Å². The van der Waals surface area contributed by atoms with E-state index in [-0.39, 0.29) is 11.4 Å². The molecule has 1 saturated heterocycles. The lowest BCUT2D eigenvalue weighted by molar-refractivity contribution is -0.385. The zero-order valence-corrected chi connectivity index (χ0v) is 10.9. The van der Waals surface area contributed by atoms with E-state index in [0.717, 1.165) is 31.7 Å². The van der Waals surface area contributed by atoms with Crippen LogP contribution in [0.2, 0.25) is 0 Å². The molecule has 1 heterocycles. The van der Waals surface area contributed by atoms with Crippen LogP contribution in [0.1, 0.15) is 12.0 Å². The van der Waals surface area contributed by atoms with E-state index in [1.807, 2.05) is 6.07 Å². The van der Waals surface area contributed by atoms with Crippen molar-refractivity contribution in [1.82, 2.24) is 5.32 Å². The van der Waals surface area contributed by atoms with Crippen molar-refractivity contribution >= 4 is 5.69 Å². The minimum Gasteiger partial charge on any atom is -0.490 e. The molecule has 2 rings (SSSR count). The molecule has 1 aromatic carbocycles. The van der Waals surface area contributed by atoms with Gasteiger partial charge in [-0.3, -0.25) is 10.1 Å². The lowest BCUT2D eigenvalue weighted by Crippen LogP contribution is -2.22. The summed E-state index contributed by atoms with van der Waals surface area (Å²) in [5.74, 6) is 0.839. The van der Waals surface area contributed by atoms with E-state index in [1.54, 1.807) is 12.1 Å². The van der Waals surface area contributed by atoms with Gasteiger partial charge in [0.1, 0.15) is 0 Å². The fourth-order valence-electron chi connectivity index (χ4n) is 2.15. The molecular formula is C13H18N2O4. The standard InChI is InChI=1S/C13H18N2O4/c1-18-13-3-2-10(6-12(13)15(16)17)7-14-8-11-4-5-19-9-11/h2-3,6,11,14H,4-5,7-9H2,1H3. The maximum absolute atomic E-state index is 10.9. The zero-order chi connectivity index (χ0) is 13.7. The highest BCUT2D eigenvalue weighted by molar-refractivity contribution is 5.48. The number of methoxy groups -OCH3 is 1. The lowest BCUT2D eigenvalue weighted by atomic mass is 10.1. The number of hydrogen-bond donors (Lipinski definition) is 1. The number of nitro groups is 1. The summed E-state index contributed by atoms with van der Waals surface area (Å²) in [5.41, 5.74) is 0.886. The van der Waals surface area contributed by atoms with Gasteiger partial charge in [-0.05, 0) is 24.0 Å². The second-order valence-electron chi connectivity index (χ2n) is 4.62. The lowest BCUT2D eigenvalue weighted by Gasteiger charge is -2.10. The van der Waals surface area contributed by atoms with Crippen LogP contribution in [-0.4, -0.2) is 31.8 Å². The largest absolute Gasteiger partial charge is 0.490 e. The molecule has 1 unspecified atom stereocenters. The molecule has 1 aliphatic heterocycles. The summed E-state index contributed by atoms with van der Waals surface area (Å²) in [6.07, 6.45) is 1.08. The quantitative estimate of drug-likeness (QED) is 0.627. The smallest absolute Gasteiger partial charge is 0.311 e. The van der Waals surface area contributed by atoms with Crippen LogP contribution in [0.5, 0.6) is 5.75 Å². The third kappa shape index (κ3) is 3.65. The van der Waals surface area contributed by atoms with E-state index in [1.165, 1.54) is 7.11 Å². The highest BCUT2D eigenvalue weighted by Gasteiger charge is 2.16. The third-order valence-corrected chi connectivity index (χ3v) is 3.23. The van der Waals surface area contributed by atoms with E-state index in [2.05, 4.69) is 5.32 Å². The Hall–Kier alpha value is -1.66. The maximum Gasteiger partial charge on any atom is 0.311 e. The summed E-state index contributed by atoms with van der Waals surface area (Å²) in [6.45, 7) is 3.12. The number of benzene rings is 1. The first-order valence-corrected chi connectivity index (χ1v) is 6.30. The first kappa shape index (κ1) is 13.8. The highest BCUT2D eigenvalue weighted by atomic mass is 16.6. The van der Waals surface area contributed by atoms with Crippen LogP contribution in [0, 0.1) is 16.0 Å². The number of nitrogens with zero attached hydrogens (tertiary/aromatic N) is 1. The molecule has 19 heavy (non-hydrogen) atoms. The van der Waals surface area contributed by atoms with Crippen molar-refractivity contribution in [2.24, 2.45) is 5.92 Å².